The van der Waals surface area contributed by atoms with Crippen LogP contribution in [0.25, 0.3) is 10.9 Å². The molecule has 4 aromatic rings. The minimum atomic E-state index is -0.345. The smallest absolute Gasteiger partial charge is 0.147 e. The van der Waals surface area contributed by atoms with Gasteiger partial charge in [-0.3, -0.25) is 4.98 Å². The molecule has 4 nitrogen and oxygen atoms in total. The van der Waals surface area contributed by atoms with Crippen LogP contribution >= 0.6 is 23.2 Å². The second-order valence-corrected chi connectivity index (χ2v) is 6.94. The number of hydrogen-bond acceptors (Lipinski definition) is 4. The van der Waals surface area contributed by atoms with Gasteiger partial charge in [-0.25, -0.2) is 4.98 Å². The zero-order valence-electron chi connectivity index (χ0n) is 14.1. The highest BCUT2D eigenvalue weighted by Gasteiger charge is 2.20. The number of aromatic hydroxyl groups is 1. The van der Waals surface area contributed by atoms with Crippen molar-refractivity contribution in [2.45, 2.75) is 6.04 Å². The molecule has 134 valence electrons. The van der Waals surface area contributed by atoms with Crippen molar-refractivity contribution >= 4 is 39.9 Å². The van der Waals surface area contributed by atoms with Crippen molar-refractivity contribution in [2.24, 2.45) is 0 Å². The van der Waals surface area contributed by atoms with Crippen LogP contribution in [0.2, 0.25) is 10.0 Å². The second kappa shape index (κ2) is 7.43. The molecule has 1 atom stereocenters. The minimum absolute atomic E-state index is 0.134. The first-order chi connectivity index (χ1) is 13.1. The number of rotatable bonds is 4. The number of halogens is 2. The Morgan fingerprint density at radius 1 is 0.852 bits per heavy atom. The van der Waals surface area contributed by atoms with Crippen molar-refractivity contribution in [3.8, 4) is 5.75 Å². The Kier molecular flexibility index (Phi) is 4.84. The van der Waals surface area contributed by atoms with Crippen LogP contribution in [-0.2, 0) is 0 Å². The van der Waals surface area contributed by atoms with E-state index in [1.54, 1.807) is 24.5 Å². The molecule has 0 fully saturated rings. The van der Waals surface area contributed by atoms with Gasteiger partial charge in [-0.1, -0.05) is 53.5 Å². The fourth-order valence-electron chi connectivity index (χ4n) is 2.98. The number of anilines is 1. The summed E-state index contributed by atoms with van der Waals surface area (Å²) >= 11 is 12.0. The number of benzene rings is 2. The molecule has 0 bridgehead atoms. The maximum atomic E-state index is 10.9. The Bertz CT molecular complexity index is 1080. The van der Waals surface area contributed by atoms with Crippen LogP contribution in [-0.4, -0.2) is 15.1 Å². The lowest BCUT2D eigenvalue weighted by atomic mass is 9.96. The maximum absolute atomic E-state index is 10.9. The molecule has 0 saturated heterocycles. The fourth-order valence-corrected chi connectivity index (χ4v) is 3.22. The van der Waals surface area contributed by atoms with Crippen LogP contribution < -0.4 is 5.32 Å². The summed E-state index contributed by atoms with van der Waals surface area (Å²) in [5, 5.41) is 16.3. The second-order valence-electron chi connectivity index (χ2n) is 6.07. The molecule has 2 aromatic carbocycles. The third-order valence-corrected chi connectivity index (χ3v) is 4.79. The number of hydrogen-bond donors (Lipinski definition) is 2. The van der Waals surface area contributed by atoms with E-state index in [1.807, 2.05) is 48.5 Å². The van der Waals surface area contributed by atoms with Gasteiger partial charge in [-0.15, -0.1) is 0 Å². The Morgan fingerprint density at radius 2 is 1.63 bits per heavy atom. The van der Waals surface area contributed by atoms with Gasteiger partial charge in [0.25, 0.3) is 0 Å². The van der Waals surface area contributed by atoms with Gasteiger partial charge >= 0.3 is 0 Å². The molecule has 2 N–H and O–H groups in total. The molecule has 0 aliphatic rings. The predicted octanol–water partition coefficient (Wildman–Crippen LogP) is 5.84. The summed E-state index contributed by atoms with van der Waals surface area (Å²) in [6.45, 7) is 0. The number of pyridine rings is 2. The first kappa shape index (κ1) is 17.6. The fraction of sp³-hybridized carbons (Fsp3) is 0.0476. The van der Waals surface area contributed by atoms with Crippen molar-refractivity contribution in [3.05, 3.63) is 94.2 Å². The molecular formula is C21H15Cl2N3O. The Balaban J connectivity index is 1.83. The van der Waals surface area contributed by atoms with Gasteiger partial charge in [-0.05, 0) is 35.9 Å². The number of phenolic OH excluding ortho intramolecular Hbond substituents is 1. The molecule has 0 radical (unpaired) electrons. The lowest BCUT2D eigenvalue weighted by Crippen LogP contribution is -2.13. The summed E-state index contributed by atoms with van der Waals surface area (Å²) in [5.74, 6) is 0.773. The molecule has 1 unspecified atom stereocenters. The van der Waals surface area contributed by atoms with E-state index in [2.05, 4.69) is 15.3 Å². The third kappa shape index (κ3) is 3.68. The number of nitrogens with one attached hydrogen (secondary N) is 1. The summed E-state index contributed by atoms with van der Waals surface area (Å²) in [7, 11) is 0. The van der Waals surface area contributed by atoms with E-state index in [4.69, 9.17) is 23.2 Å². The van der Waals surface area contributed by atoms with Gasteiger partial charge in [0.05, 0.1) is 11.1 Å². The van der Waals surface area contributed by atoms with Crippen LogP contribution in [0, 0.1) is 0 Å². The molecule has 0 aliphatic carbocycles. The number of phenols is 1. The van der Waals surface area contributed by atoms with Gasteiger partial charge in [0.2, 0.25) is 0 Å². The van der Waals surface area contributed by atoms with E-state index in [0.717, 1.165) is 10.9 Å². The first-order valence-corrected chi connectivity index (χ1v) is 9.07. The monoisotopic (exact) mass is 395 g/mol. The van der Waals surface area contributed by atoms with Gasteiger partial charge in [0, 0.05) is 28.4 Å². The molecule has 6 heteroatoms. The normalized spacial score (nSPS) is 12.1. The van der Waals surface area contributed by atoms with E-state index >= 15 is 0 Å². The Morgan fingerprint density at radius 3 is 2.37 bits per heavy atom. The Hall–Kier alpha value is -2.82. The zero-order chi connectivity index (χ0) is 18.8. The van der Waals surface area contributed by atoms with Crippen LogP contribution in [0.4, 0.5) is 5.82 Å². The largest absolute Gasteiger partial charge is 0.505 e. The van der Waals surface area contributed by atoms with Crippen molar-refractivity contribution in [3.63, 3.8) is 0 Å². The molecule has 2 heterocycles. The van der Waals surface area contributed by atoms with Crippen molar-refractivity contribution < 1.29 is 5.11 Å². The SMILES string of the molecule is Oc1c(C(Nc2ccc(Cl)cn2)c2ccc(Cl)cc2)ccc2cccnc12. The summed E-state index contributed by atoms with van der Waals surface area (Å²) in [4.78, 5) is 8.63. The average molecular weight is 396 g/mol. The maximum Gasteiger partial charge on any atom is 0.147 e. The highest BCUT2D eigenvalue weighted by molar-refractivity contribution is 6.30. The number of nitrogens with zero attached hydrogens (tertiary/aromatic N) is 2. The lowest BCUT2D eigenvalue weighted by Gasteiger charge is -2.22. The molecule has 4 rings (SSSR count). The van der Waals surface area contributed by atoms with E-state index in [9.17, 15) is 5.11 Å². The summed E-state index contributed by atoms with van der Waals surface area (Å²) < 4.78 is 0. The minimum Gasteiger partial charge on any atom is -0.505 e. The third-order valence-electron chi connectivity index (χ3n) is 4.31. The Labute approximate surface area is 166 Å². The molecule has 0 spiro atoms. The van der Waals surface area contributed by atoms with E-state index in [1.165, 1.54) is 0 Å². The molecular weight excluding hydrogens is 381 g/mol. The predicted molar refractivity (Wildman–Crippen MR) is 110 cm³/mol. The molecule has 2 aromatic heterocycles. The highest BCUT2D eigenvalue weighted by Crippen LogP contribution is 2.36. The van der Waals surface area contributed by atoms with E-state index in [-0.39, 0.29) is 11.8 Å². The van der Waals surface area contributed by atoms with Gasteiger partial charge in [0.1, 0.15) is 17.1 Å². The van der Waals surface area contributed by atoms with Crippen molar-refractivity contribution in [2.75, 3.05) is 5.32 Å². The van der Waals surface area contributed by atoms with Crippen molar-refractivity contribution in [1.29, 1.82) is 0 Å². The summed E-state index contributed by atoms with van der Waals surface area (Å²) in [6, 6.07) is 18.3. The summed E-state index contributed by atoms with van der Waals surface area (Å²) in [5.41, 5.74) is 2.18. The van der Waals surface area contributed by atoms with Gasteiger partial charge in [-0.2, -0.15) is 0 Å². The first-order valence-electron chi connectivity index (χ1n) is 8.32. The van der Waals surface area contributed by atoms with Crippen molar-refractivity contribution in [1.82, 2.24) is 9.97 Å². The molecule has 0 aliphatic heterocycles. The van der Waals surface area contributed by atoms with Crippen LogP contribution in [0.1, 0.15) is 17.2 Å². The number of fused-ring (bicyclic) bond motifs is 1. The van der Waals surface area contributed by atoms with Crippen LogP contribution in [0.15, 0.2) is 73.1 Å². The zero-order valence-corrected chi connectivity index (χ0v) is 15.6. The molecule has 0 saturated carbocycles. The lowest BCUT2D eigenvalue weighted by molar-refractivity contribution is 0.471. The molecule has 0 amide bonds. The van der Waals surface area contributed by atoms with E-state index in [0.29, 0.717) is 26.9 Å². The highest BCUT2D eigenvalue weighted by atomic mass is 35.5. The van der Waals surface area contributed by atoms with Crippen LogP contribution in [0.5, 0.6) is 5.75 Å². The topological polar surface area (TPSA) is 58.0 Å². The van der Waals surface area contributed by atoms with Gasteiger partial charge < -0.3 is 10.4 Å². The number of aromatic nitrogens is 2. The average Bonchev–Trinajstić information content (AvgIpc) is 2.69. The van der Waals surface area contributed by atoms with Gasteiger partial charge in [0.15, 0.2) is 0 Å². The standard InChI is InChI=1S/C21H15Cl2N3O/c22-15-6-3-14(4-7-15)19(26-18-10-8-16(23)12-25-18)17-9-5-13-2-1-11-24-20(13)21(17)27/h1-12,19,27H,(H,25,26). The van der Waals surface area contributed by atoms with Crippen LogP contribution in [0.3, 0.4) is 0 Å². The van der Waals surface area contributed by atoms with E-state index < -0.39 is 0 Å². The summed E-state index contributed by atoms with van der Waals surface area (Å²) in [6.07, 6.45) is 3.24. The molecule has 27 heavy (non-hydrogen) atoms. The quantitative estimate of drug-likeness (QED) is 0.455.